The number of benzene rings is 2. The van der Waals surface area contributed by atoms with Gasteiger partial charge in [0.15, 0.2) is 0 Å². The number of amides is 1. The molecule has 0 saturated heterocycles. The van der Waals surface area contributed by atoms with Crippen LogP contribution in [0.2, 0.25) is 5.02 Å². The number of sulfonamides is 1. The van der Waals surface area contributed by atoms with Crippen LogP contribution in [0, 0.1) is 5.82 Å². The Morgan fingerprint density at radius 3 is 2.48 bits per heavy atom. The number of nitrogens with zero attached hydrogens (tertiary/aromatic N) is 1. The van der Waals surface area contributed by atoms with E-state index in [1.54, 1.807) is 0 Å². The second-order valence-corrected chi connectivity index (χ2v) is 7.48. The minimum atomic E-state index is -3.66. The van der Waals surface area contributed by atoms with Crippen molar-refractivity contribution in [3.8, 4) is 0 Å². The Morgan fingerprint density at radius 2 is 1.87 bits per heavy atom. The summed E-state index contributed by atoms with van der Waals surface area (Å²) in [4.78, 5) is 12.2. The Morgan fingerprint density at radius 1 is 1.17 bits per heavy atom. The third kappa shape index (κ3) is 3.87. The molecule has 2 aromatic rings. The molecule has 1 amide bonds. The van der Waals surface area contributed by atoms with Crippen LogP contribution in [-0.4, -0.2) is 32.7 Å². The number of rotatable bonds is 4. The summed E-state index contributed by atoms with van der Waals surface area (Å²) in [5.41, 5.74) is 0.0579. The lowest BCUT2D eigenvalue weighted by atomic mass is 10.2. The summed E-state index contributed by atoms with van der Waals surface area (Å²) in [5.74, 6) is -1.30. The number of anilines is 1. The molecule has 5 nitrogen and oxygen atoms in total. The van der Waals surface area contributed by atoms with Gasteiger partial charge in [-0.2, -0.15) is 0 Å². The van der Waals surface area contributed by atoms with Gasteiger partial charge in [0.05, 0.1) is 10.6 Å². The summed E-state index contributed by atoms with van der Waals surface area (Å²) in [5, 5.41) is 2.59. The van der Waals surface area contributed by atoms with Crippen LogP contribution in [0.25, 0.3) is 0 Å². The van der Waals surface area contributed by atoms with E-state index in [0.717, 1.165) is 10.4 Å². The molecule has 0 fully saturated rings. The van der Waals surface area contributed by atoms with Crippen LogP contribution in [0.4, 0.5) is 10.1 Å². The number of halogens is 2. The van der Waals surface area contributed by atoms with E-state index in [0.29, 0.717) is 0 Å². The summed E-state index contributed by atoms with van der Waals surface area (Å²) in [6, 6.07) is 9.35. The van der Waals surface area contributed by atoms with Crippen LogP contribution >= 0.6 is 11.6 Å². The van der Waals surface area contributed by atoms with Gasteiger partial charge in [-0.05, 0) is 36.4 Å². The number of hydrogen-bond acceptors (Lipinski definition) is 3. The highest BCUT2D eigenvalue weighted by Crippen LogP contribution is 2.20. The molecule has 0 saturated carbocycles. The summed E-state index contributed by atoms with van der Waals surface area (Å²) in [6.45, 7) is 0. The average molecular weight is 357 g/mol. The van der Waals surface area contributed by atoms with Gasteiger partial charge in [0.2, 0.25) is 10.0 Å². The normalized spacial score (nSPS) is 11.5. The average Bonchev–Trinajstić information content (AvgIpc) is 2.50. The maximum absolute atomic E-state index is 13.7. The molecule has 122 valence electrons. The molecule has 0 unspecified atom stereocenters. The highest BCUT2D eigenvalue weighted by Gasteiger charge is 2.19. The van der Waals surface area contributed by atoms with E-state index in [1.165, 1.54) is 50.5 Å². The van der Waals surface area contributed by atoms with Gasteiger partial charge < -0.3 is 5.32 Å². The van der Waals surface area contributed by atoms with Crippen molar-refractivity contribution in [3.63, 3.8) is 0 Å². The van der Waals surface area contributed by atoms with Gasteiger partial charge in [-0.15, -0.1) is 0 Å². The van der Waals surface area contributed by atoms with Crippen molar-refractivity contribution in [1.82, 2.24) is 4.31 Å². The maximum atomic E-state index is 13.7. The van der Waals surface area contributed by atoms with Gasteiger partial charge in [-0.25, -0.2) is 17.1 Å². The van der Waals surface area contributed by atoms with Crippen molar-refractivity contribution in [3.05, 3.63) is 58.9 Å². The number of nitrogens with one attached hydrogen (secondary N) is 1. The Bertz CT molecular complexity index is 854. The Hall–Kier alpha value is -1.96. The zero-order valence-corrected chi connectivity index (χ0v) is 14.0. The van der Waals surface area contributed by atoms with Crippen molar-refractivity contribution in [1.29, 1.82) is 0 Å². The van der Waals surface area contributed by atoms with Gasteiger partial charge in [-0.1, -0.05) is 17.7 Å². The van der Waals surface area contributed by atoms with Gasteiger partial charge in [0.1, 0.15) is 5.82 Å². The molecule has 0 bridgehead atoms. The molecule has 0 aliphatic carbocycles. The molecule has 2 aromatic carbocycles. The van der Waals surface area contributed by atoms with E-state index < -0.39 is 21.7 Å². The summed E-state index contributed by atoms with van der Waals surface area (Å²) in [6.07, 6.45) is 0. The second kappa shape index (κ2) is 6.66. The minimum Gasteiger partial charge on any atom is -0.319 e. The molecule has 0 aliphatic heterocycles. The fourth-order valence-corrected chi connectivity index (χ4v) is 2.90. The lowest BCUT2D eigenvalue weighted by molar-refractivity contribution is 0.102. The predicted molar refractivity (Wildman–Crippen MR) is 86.7 cm³/mol. The first-order chi connectivity index (χ1) is 10.7. The molecular formula is C15H14ClFN2O3S. The predicted octanol–water partition coefficient (Wildman–Crippen LogP) is 2.98. The van der Waals surface area contributed by atoms with Crippen molar-refractivity contribution >= 4 is 33.2 Å². The topological polar surface area (TPSA) is 66.5 Å². The Kier molecular flexibility index (Phi) is 5.03. The zero-order chi connectivity index (χ0) is 17.2. The molecule has 23 heavy (non-hydrogen) atoms. The van der Waals surface area contributed by atoms with Crippen molar-refractivity contribution in [2.75, 3.05) is 19.4 Å². The molecule has 8 heteroatoms. The van der Waals surface area contributed by atoms with E-state index >= 15 is 0 Å². The Balaban J connectivity index is 2.30. The van der Waals surface area contributed by atoms with Gasteiger partial charge in [0, 0.05) is 24.7 Å². The highest BCUT2D eigenvalue weighted by atomic mass is 35.5. The maximum Gasteiger partial charge on any atom is 0.255 e. The monoisotopic (exact) mass is 356 g/mol. The second-order valence-electron chi connectivity index (χ2n) is 4.89. The summed E-state index contributed by atoms with van der Waals surface area (Å²) in [7, 11) is -0.870. The van der Waals surface area contributed by atoms with Crippen LogP contribution in [-0.2, 0) is 10.0 Å². The fourth-order valence-electron chi connectivity index (χ4n) is 1.79. The third-order valence-corrected chi connectivity index (χ3v) is 5.10. The SMILES string of the molecule is CN(C)S(=O)(=O)c1cccc(C(=O)Nc2ccc(Cl)cc2F)c1. The lowest BCUT2D eigenvalue weighted by Gasteiger charge is -2.12. The standard InChI is InChI=1S/C15H14ClFN2O3S/c1-19(2)23(21,22)12-5-3-4-10(8-12)15(20)18-14-7-6-11(16)9-13(14)17/h3-9H,1-2H3,(H,18,20). The van der Waals surface area contributed by atoms with E-state index in [2.05, 4.69) is 5.32 Å². The smallest absolute Gasteiger partial charge is 0.255 e. The molecule has 0 aliphatic rings. The van der Waals surface area contributed by atoms with Gasteiger partial charge >= 0.3 is 0 Å². The van der Waals surface area contributed by atoms with Crippen LogP contribution in [0.5, 0.6) is 0 Å². The van der Waals surface area contributed by atoms with Crippen LogP contribution < -0.4 is 5.32 Å². The first-order valence-corrected chi connectivity index (χ1v) is 8.32. The van der Waals surface area contributed by atoms with Gasteiger partial charge in [0.25, 0.3) is 5.91 Å². The molecule has 0 spiro atoms. The number of carbonyl (C=O) groups excluding carboxylic acids is 1. The quantitative estimate of drug-likeness (QED) is 0.915. The third-order valence-electron chi connectivity index (χ3n) is 3.05. The summed E-state index contributed by atoms with van der Waals surface area (Å²) >= 11 is 5.65. The lowest BCUT2D eigenvalue weighted by Crippen LogP contribution is -2.22. The zero-order valence-electron chi connectivity index (χ0n) is 12.4. The van der Waals surface area contributed by atoms with Crippen LogP contribution in [0.15, 0.2) is 47.4 Å². The molecule has 1 N–H and O–H groups in total. The van der Waals surface area contributed by atoms with Crippen molar-refractivity contribution < 1.29 is 17.6 Å². The first-order valence-electron chi connectivity index (χ1n) is 6.51. The largest absolute Gasteiger partial charge is 0.319 e. The van der Waals surface area contributed by atoms with E-state index in [4.69, 9.17) is 11.6 Å². The van der Waals surface area contributed by atoms with Crippen LogP contribution in [0.3, 0.4) is 0 Å². The number of carbonyl (C=O) groups is 1. The molecule has 0 heterocycles. The van der Waals surface area contributed by atoms with E-state index in [-0.39, 0.29) is 21.2 Å². The fraction of sp³-hybridized carbons (Fsp3) is 0.133. The van der Waals surface area contributed by atoms with E-state index in [1.807, 2.05) is 0 Å². The molecule has 0 atom stereocenters. The highest BCUT2D eigenvalue weighted by molar-refractivity contribution is 7.89. The van der Waals surface area contributed by atoms with Gasteiger partial charge in [-0.3, -0.25) is 4.79 Å². The molecule has 2 rings (SSSR count). The van der Waals surface area contributed by atoms with Crippen LogP contribution in [0.1, 0.15) is 10.4 Å². The summed E-state index contributed by atoms with van der Waals surface area (Å²) < 4.78 is 38.9. The van der Waals surface area contributed by atoms with Crippen molar-refractivity contribution in [2.45, 2.75) is 4.90 Å². The first kappa shape index (κ1) is 17.4. The molecule has 0 radical (unpaired) electrons. The Labute approximate surface area is 138 Å². The van der Waals surface area contributed by atoms with E-state index in [9.17, 15) is 17.6 Å². The van der Waals surface area contributed by atoms with Crippen molar-refractivity contribution in [2.24, 2.45) is 0 Å². The molecular weight excluding hydrogens is 343 g/mol. The minimum absolute atomic E-state index is 0.0215. The molecule has 0 aromatic heterocycles. The number of hydrogen-bond donors (Lipinski definition) is 1.